The molecule has 0 bridgehead atoms. The number of benzene rings is 2. The topological polar surface area (TPSA) is 103 Å². The molecule has 3 aromatic rings. The highest BCUT2D eigenvalue weighted by Crippen LogP contribution is 2.34. The second-order valence-electron chi connectivity index (χ2n) is 5.89. The van der Waals surface area contributed by atoms with Crippen molar-refractivity contribution in [1.29, 1.82) is 0 Å². The molecule has 2 aromatic carbocycles. The second-order valence-corrected chi connectivity index (χ2v) is 8.00. The van der Waals surface area contributed by atoms with E-state index in [1.165, 1.54) is 12.1 Å². The van der Waals surface area contributed by atoms with Crippen molar-refractivity contribution in [2.45, 2.75) is 18.2 Å². The van der Waals surface area contributed by atoms with E-state index < -0.39 is 15.7 Å². The minimum absolute atomic E-state index is 0.151. The number of hydrogen-bond acceptors (Lipinski definition) is 5. The van der Waals surface area contributed by atoms with Crippen LogP contribution in [0.3, 0.4) is 0 Å². The van der Waals surface area contributed by atoms with Gasteiger partial charge in [0.2, 0.25) is 5.91 Å². The lowest BCUT2D eigenvalue weighted by Crippen LogP contribution is -2.17. The van der Waals surface area contributed by atoms with E-state index in [0.717, 1.165) is 16.7 Å². The molecule has 0 saturated heterocycles. The quantitative estimate of drug-likeness (QED) is 0.718. The summed E-state index contributed by atoms with van der Waals surface area (Å²) in [4.78, 5) is 11.0. The minimum Gasteiger partial charge on any atom is -0.370 e. The average molecular weight is 370 g/mol. The summed E-state index contributed by atoms with van der Waals surface area (Å²) < 4.78 is 29.8. The summed E-state index contributed by atoms with van der Waals surface area (Å²) in [6.07, 6.45) is -0.201. The van der Waals surface area contributed by atoms with Gasteiger partial charge < -0.3 is 10.3 Å². The van der Waals surface area contributed by atoms with Crippen molar-refractivity contribution in [3.8, 4) is 22.4 Å². The molecule has 0 aliphatic carbocycles. The Morgan fingerprint density at radius 1 is 1.04 bits per heavy atom. The number of hydrogen-bond donors (Lipinski definition) is 1. The Labute approximate surface area is 151 Å². The molecular weight excluding hydrogens is 352 g/mol. The van der Waals surface area contributed by atoms with Crippen LogP contribution < -0.4 is 5.73 Å². The number of nitrogens with zero attached hydrogens (tertiary/aromatic N) is 1. The Kier molecular flexibility index (Phi) is 4.90. The van der Waals surface area contributed by atoms with Gasteiger partial charge in [-0.2, -0.15) is 0 Å². The van der Waals surface area contributed by atoms with E-state index in [9.17, 15) is 13.2 Å². The molecule has 0 saturated carbocycles. The van der Waals surface area contributed by atoms with Gasteiger partial charge in [-0.1, -0.05) is 47.6 Å². The molecule has 134 valence electrons. The van der Waals surface area contributed by atoms with Crippen molar-refractivity contribution >= 4 is 15.7 Å². The van der Waals surface area contributed by atoms with Crippen molar-refractivity contribution in [2.75, 3.05) is 5.75 Å². The van der Waals surface area contributed by atoms with Gasteiger partial charge >= 0.3 is 0 Å². The van der Waals surface area contributed by atoms with Crippen LogP contribution in [0.2, 0.25) is 0 Å². The molecule has 1 aromatic heterocycles. The lowest BCUT2D eigenvalue weighted by molar-refractivity contribution is -0.117. The first-order valence-electron chi connectivity index (χ1n) is 8.01. The van der Waals surface area contributed by atoms with Crippen LogP contribution in [0.1, 0.15) is 12.2 Å². The number of primary amides is 1. The van der Waals surface area contributed by atoms with Crippen LogP contribution in [-0.2, 0) is 14.6 Å². The van der Waals surface area contributed by atoms with Crippen LogP contribution in [0.15, 0.2) is 64.0 Å². The first-order chi connectivity index (χ1) is 12.4. The van der Waals surface area contributed by atoms with Crippen LogP contribution in [-0.4, -0.2) is 25.2 Å². The largest absolute Gasteiger partial charge is 0.370 e. The van der Waals surface area contributed by atoms with E-state index in [2.05, 4.69) is 5.16 Å². The predicted molar refractivity (Wildman–Crippen MR) is 98.0 cm³/mol. The molecular formula is C19H18N2O4S. The lowest BCUT2D eigenvalue weighted by Gasteiger charge is -2.06. The third kappa shape index (κ3) is 3.67. The lowest BCUT2D eigenvalue weighted by atomic mass is 10.00. The monoisotopic (exact) mass is 370 g/mol. The SMILES string of the molecule is Cc1onc(-c2ccccc2)c1-c1ccc(S(=O)(=O)CCC(N)=O)cc1. The summed E-state index contributed by atoms with van der Waals surface area (Å²) in [6, 6.07) is 16.1. The van der Waals surface area contributed by atoms with E-state index >= 15 is 0 Å². The van der Waals surface area contributed by atoms with E-state index in [-0.39, 0.29) is 17.1 Å². The Hall–Kier alpha value is -2.93. The van der Waals surface area contributed by atoms with Crippen molar-refractivity contribution < 1.29 is 17.7 Å². The number of carbonyl (C=O) groups is 1. The number of carbonyl (C=O) groups excluding carboxylic acids is 1. The first-order valence-corrected chi connectivity index (χ1v) is 9.67. The first kappa shape index (κ1) is 17.9. The molecule has 0 radical (unpaired) electrons. The van der Waals surface area contributed by atoms with Gasteiger partial charge in [0.25, 0.3) is 0 Å². The Morgan fingerprint density at radius 3 is 2.31 bits per heavy atom. The Morgan fingerprint density at radius 2 is 1.69 bits per heavy atom. The van der Waals surface area contributed by atoms with Crippen LogP contribution in [0.4, 0.5) is 0 Å². The van der Waals surface area contributed by atoms with Crippen molar-refractivity contribution in [1.82, 2.24) is 5.16 Å². The molecule has 1 heterocycles. The molecule has 0 aliphatic heterocycles. The van der Waals surface area contributed by atoms with E-state index in [1.807, 2.05) is 37.3 Å². The number of amides is 1. The summed E-state index contributed by atoms with van der Waals surface area (Å²) in [5.74, 6) is -0.297. The third-order valence-corrected chi connectivity index (χ3v) is 5.76. The van der Waals surface area contributed by atoms with Crippen molar-refractivity contribution in [3.05, 3.63) is 60.4 Å². The average Bonchev–Trinajstić information content (AvgIpc) is 3.02. The van der Waals surface area contributed by atoms with E-state index in [4.69, 9.17) is 10.3 Å². The fourth-order valence-corrected chi connectivity index (χ4v) is 3.94. The maximum Gasteiger partial charge on any atom is 0.218 e. The summed E-state index contributed by atoms with van der Waals surface area (Å²) in [5.41, 5.74) is 8.27. The van der Waals surface area contributed by atoms with Crippen LogP contribution in [0.25, 0.3) is 22.4 Å². The third-order valence-electron chi connectivity index (χ3n) is 4.03. The molecule has 0 unspecified atom stereocenters. The van der Waals surface area contributed by atoms with Crippen LogP contribution >= 0.6 is 0 Å². The van der Waals surface area contributed by atoms with Gasteiger partial charge in [0.15, 0.2) is 9.84 Å². The van der Waals surface area contributed by atoms with Crippen molar-refractivity contribution in [3.63, 3.8) is 0 Å². The normalized spacial score (nSPS) is 11.4. The number of aromatic nitrogens is 1. The molecule has 1 amide bonds. The number of nitrogens with two attached hydrogens (primary N) is 1. The highest BCUT2D eigenvalue weighted by atomic mass is 32.2. The van der Waals surface area contributed by atoms with Gasteiger partial charge in [0, 0.05) is 12.0 Å². The molecule has 0 aliphatic rings. The second kappa shape index (κ2) is 7.13. The predicted octanol–water partition coefficient (Wildman–Crippen LogP) is 2.97. The summed E-state index contributed by atoms with van der Waals surface area (Å²) in [7, 11) is -3.55. The fraction of sp³-hybridized carbons (Fsp3) is 0.158. The van der Waals surface area contributed by atoms with Gasteiger partial charge in [-0.05, 0) is 24.6 Å². The molecule has 0 spiro atoms. The standard InChI is InChI=1S/C19H18N2O4S/c1-13-18(19(21-25-13)15-5-3-2-4-6-15)14-7-9-16(10-8-14)26(23,24)12-11-17(20)22/h2-10H,11-12H2,1H3,(H2,20,22). The van der Waals surface area contributed by atoms with Gasteiger partial charge in [0.1, 0.15) is 11.5 Å². The number of rotatable bonds is 6. The highest BCUT2D eigenvalue weighted by molar-refractivity contribution is 7.91. The zero-order chi connectivity index (χ0) is 18.7. The molecule has 0 fully saturated rings. The zero-order valence-electron chi connectivity index (χ0n) is 14.2. The molecule has 0 atom stereocenters. The maximum absolute atomic E-state index is 12.3. The molecule has 26 heavy (non-hydrogen) atoms. The molecule has 7 heteroatoms. The van der Waals surface area contributed by atoms with Gasteiger partial charge in [0.05, 0.1) is 16.2 Å². The maximum atomic E-state index is 12.3. The number of aryl methyl sites for hydroxylation is 1. The van der Waals surface area contributed by atoms with Crippen LogP contribution in [0, 0.1) is 6.92 Å². The van der Waals surface area contributed by atoms with Gasteiger partial charge in [-0.15, -0.1) is 0 Å². The molecule has 2 N–H and O–H groups in total. The van der Waals surface area contributed by atoms with Crippen LogP contribution in [0.5, 0.6) is 0 Å². The molecule has 6 nitrogen and oxygen atoms in total. The highest BCUT2D eigenvalue weighted by Gasteiger charge is 2.19. The van der Waals surface area contributed by atoms with Crippen molar-refractivity contribution in [2.24, 2.45) is 5.73 Å². The molecule has 3 rings (SSSR count). The van der Waals surface area contributed by atoms with Gasteiger partial charge in [-0.3, -0.25) is 4.79 Å². The summed E-state index contributed by atoms with van der Waals surface area (Å²) in [6.45, 7) is 1.81. The Balaban J connectivity index is 1.96. The fourth-order valence-electron chi connectivity index (χ4n) is 2.69. The van der Waals surface area contributed by atoms with Gasteiger partial charge in [-0.25, -0.2) is 8.42 Å². The summed E-state index contributed by atoms with van der Waals surface area (Å²) in [5, 5.41) is 4.14. The number of sulfone groups is 1. The smallest absolute Gasteiger partial charge is 0.218 e. The Bertz CT molecular complexity index is 1020. The van der Waals surface area contributed by atoms with E-state index in [1.54, 1.807) is 12.1 Å². The summed E-state index contributed by atoms with van der Waals surface area (Å²) >= 11 is 0. The minimum atomic E-state index is -3.55. The van der Waals surface area contributed by atoms with E-state index in [0.29, 0.717) is 11.5 Å². The zero-order valence-corrected chi connectivity index (χ0v) is 15.0.